The Morgan fingerprint density at radius 2 is 2.29 bits per heavy atom. The van der Waals surface area contributed by atoms with Gasteiger partial charge in [0.25, 0.3) is 0 Å². The maximum atomic E-state index is 5.38. The summed E-state index contributed by atoms with van der Waals surface area (Å²) in [6.45, 7) is 2.79. The predicted octanol–water partition coefficient (Wildman–Crippen LogP) is 0.781. The fraction of sp³-hybridized carbons (Fsp3) is 0.778. The number of anilines is 1. The second kappa shape index (κ2) is 3.96. The summed E-state index contributed by atoms with van der Waals surface area (Å²) in [5.41, 5.74) is 5.38. The van der Waals surface area contributed by atoms with Crippen LogP contribution in [0.15, 0.2) is 4.42 Å². The summed E-state index contributed by atoms with van der Waals surface area (Å²) in [6, 6.07) is 1.04. The van der Waals surface area contributed by atoms with E-state index in [-0.39, 0.29) is 0 Å². The van der Waals surface area contributed by atoms with E-state index < -0.39 is 0 Å². The molecular formula is C9H16N4O. The van der Waals surface area contributed by atoms with Crippen LogP contribution in [0.5, 0.6) is 0 Å². The van der Waals surface area contributed by atoms with Gasteiger partial charge in [-0.05, 0) is 18.8 Å². The van der Waals surface area contributed by atoms with E-state index in [2.05, 4.69) is 22.4 Å². The summed E-state index contributed by atoms with van der Waals surface area (Å²) < 4.78 is 5.35. The maximum Gasteiger partial charge on any atom is 0.315 e. The molecule has 0 aromatic carbocycles. The second-order valence-corrected chi connectivity index (χ2v) is 3.96. The molecule has 0 atom stereocenters. The molecular weight excluding hydrogens is 180 g/mol. The molecule has 3 N–H and O–H groups in total. The first kappa shape index (κ1) is 9.45. The van der Waals surface area contributed by atoms with Crippen LogP contribution in [-0.4, -0.2) is 22.8 Å². The molecule has 1 fully saturated rings. The maximum absolute atomic E-state index is 5.38. The molecule has 0 bridgehead atoms. The average Bonchev–Trinajstić information content (AvgIpc) is 2.51. The molecule has 0 aliphatic heterocycles. The van der Waals surface area contributed by atoms with Crippen LogP contribution in [0.4, 0.5) is 6.01 Å². The van der Waals surface area contributed by atoms with Crippen molar-refractivity contribution in [2.75, 3.05) is 11.9 Å². The van der Waals surface area contributed by atoms with Crippen LogP contribution in [0, 0.1) is 5.92 Å². The molecule has 0 spiro atoms. The first-order valence-electron chi connectivity index (χ1n) is 5.07. The Balaban J connectivity index is 1.84. The van der Waals surface area contributed by atoms with E-state index >= 15 is 0 Å². The van der Waals surface area contributed by atoms with Crippen molar-refractivity contribution in [1.82, 2.24) is 10.2 Å². The van der Waals surface area contributed by atoms with Gasteiger partial charge in [-0.1, -0.05) is 12.0 Å². The molecule has 1 aromatic rings. The van der Waals surface area contributed by atoms with E-state index in [9.17, 15) is 0 Å². The van der Waals surface area contributed by atoms with Crippen molar-refractivity contribution in [3.05, 3.63) is 5.89 Å². The van der Waals surface area contributed by atoms with Crippen molar-refractivity contribution < 1.29 is 4.42 Å². The predicted molar refractivity (Wildman–Crippen MR) is 52.9 cm³/mol. The Morgan fingerprint density at radius 1 is 1.50 bits per heavy atom. The Hall–Kier alpha value is -1.10. The van der Waals surface area contributed by atoms with Gasteiger partial charge in [-0.25, -0.2) is 0 Å². The molecule has 14 heavy (non-hydrogen) atoms. The van der Waals surface area contributed by atoms with Crippen molar-refractivity contribution in [1.29, 1.82) is 0 Å². The molecule has 0 saturated heterocycles. The van der Waals surface area contributed by atoms with Gasteiger partial charge in [0.2, 0.25) is 5.89 Å². The average molecular weight is 196 g/mol. The minimum absolute atomic E-state index is 0.510. The Kier molecular flexibility index (Phi) is 2.67. The first-order valence-corrected chi connectivity index (χ1v) is 5.07. The van der Waals surface area contributed by atoms with E-state index in [0.29, 0.717) is 30.9 Å². The molecule has 0 radical (unpaired) electrons. The summed E-state index contributed by atoms with van der Waals surface area (Å²) in [6.07, 6.45) is 3.03. The highest BCUT2D eigenvalue weighted by atomic mass is 16.4. The molecule has 5 heteroatoms. The Morgan fingerprint density at radius 3 is 2.93 bits per heavy atom. The van der Waals surface area contributed by atoms with E-state index in [4.69, 9.17) is 10.2 Å². The van der Waals surface area contributed by atoms with Crippen molar-refractivity contribution in [3.8, 4) is 0 Å². The van der Waals surface area contributed by atoms with E-state index in [1.165, 1.54) is 12.8 Å². The number of hydrogen-bond acceptors (Lipinski definition) is 5. The molecule has 0 amide bonds. The lowest BCUT2D eigenvalue weighted by Crippen LogP contribution is -2.33. The number of nitrogens with one attached hydrogen (secondary N) is 1. The zero-order chi connectivity index (χ0) is 9.97. The van der Waals surface area contributed by atoms with Gasteiger partial charge in [0.1, 0.15) is 0 Å². The van der Waals surface area contributed by atoms with Crippen LogP contribution in [-0.2, 0) is 6.42 Å². The number of hydrogen-bond donors (Lipinski definition) is 2. The van der Waals surface area contributed by atoms with Gasteiger partial charge in [-0.3, -0.25) is 0 Å². The molecule has 1 aliphatic carbocycles. The highest BCUT2D eigenvalue weighted by Gasteiger charge is 2.26. The smallest absolute Gasteiger partial charge is 0.315 e. The van der Waals surface area contributed by atoms with Gasteiger partial charge < -0.3 is 15.5 Å². The minimum Gasteiger partial charge on any atom is -0.408 e. The van der Waals surface area contributed by atoms with E-state index in [0.717, 1.165) is 5.92 Å². The number of rotatable bonds is 4. The quantitative estimate of drug-likeness (QED) is 0.744. The normalized spacial score (nSPS) is 25.9. The fourth-order valence-electron chi connectivity index (χ4n) is 1.73. The van der Waals surface area contributed by atoms with Crippen LogP contribution in [0.3, 0.4) is 0 Å². The number of nitrogens with two attached hydrogens (primary N) is 1. The van der Waals surface area contributed by atoms with Crippen LogP contribution in [0.25, 0.3) is 0 Å². The SMILES string of the molecule is CC1CC(Nc2nnc(CCN)o2)C1. The standard InChI is InChI=1S/C9H16N4O/c1-6-4-7(5-6)11-9-13-12-8(14-9)2-3-10/h6-7H,2-5,10H2,1H3,(H,11,13). The Bertz CT molecular complexity index is 293. The van der Waals surface area contributed by atoms with Crippen molar-refractivity contribution in [3.63, 3.8) is 0 Å². The zero-order valence-electron chi connectivity index (χ0n) is 8.36. The molecule has 1 aromatic heterocycles. The monoisotopic (exact) mass is 196 g/mol. The summed E-state index contributed by atoms with van der Waals surface area (Å²) >= 11 is 0. The minimum atomic E-state index is 0.510. The van der Waals surface area contributed by atoms with Gasteiger partial charge >= 0.3 is 6.01 Å². The molecule has 0 unspecified atom stereocenters. The lowest BCUT2D eigenvalue weighted by atomic mass is 9.82. The summed E-state index contributed by atoms with van der Waals surface area (Å²) in [5, 5.41) is 11.0. The number of aromatic nitrogens is 2. The lowest BCUT2D eigenvalue weighted by molar-refractivity contribution is 0.303. The van der Waals surface area contributed by atoms with Crippen molar-refractivity contribution in [2.45, 2.75) is 32.2 Å². The summed E-state index contributed by atoms with van der Waals surface area (Å²) in [7, 11) is 0. The van der Waals surface area contributed by atoms with Gasteiger partial charge in [0.05, 0.1) is 0 Å². The van der Waals surface area contributed by atoms with E-state index in [1.807, 2.05) is 0 Å². The lowest BCUT2D eigenvalue weighted by Gasteiger charge is -2.32. The first-order chi connectivity index (χ1) is 6.78. The summed E-state index contributed by atoms with van der Waals surface area (Å²) in [4.78, 5) is 0. The van der Waals surface area contributed by atoms with Crippen molar-refractivity contribution in [2.24, 2.45) is 11.7 Å². The van der Waals surface area contributed by atoms with Gasteiger partial charge in [-0.15, -0.1) is 5.10 Å². The third kappa shape index (κ3) is 2.04. The highest BCUT2D eigenvalue weighted by Crippen LogP contribution is 2.28. The third-order valence-corrected chi connectivity index (χ3v) is 2.53. The second-order valence-electron chi connectivity index (χ2n) is 3.96. The van der Waals surface area contributed by atoms with Gasteiger partial charge in [0.15, 0.2) is 0 Å². The van der Waals surface area contributed by atoms with Crippen LogP contribution in [0.2, 0.25) is 0 Å². The van der Waals surface area contributed by atoms with Gasteiger partial charge in [-0.2, -0.15) is 0 Å². The molecule has 2 rings (SSSR count). The fourth-order valence-corrected chi connectivity index (χ4v) is 1.73. The largest absolute Gasteiger partial charge is 0.408 e. The van der Waals surface area contributed by atoms with Crippen LogP contribution in [0.1, 0.15) is 25.7 Å². The molecule has 1 aliphatic rings. The van der Waals surface area contributed by atoms with Crippen LogP contribution >= 0.6 is 0 Å². The highest BCUT2D eigenvalue weighted by molar-refractivity contribution is 5.21. The Labute approximate surface area is 83.1 Å². The molecule has 78 valence electrons. The van der Waals surface area contributed by atoms with Crippen LogP contribution < -0.4 is 11.1 Å². The topological polar surface area (TPSA) is 77.0 Å². The zero-order valence-corrected chi connectivity index (χ0v) is 8.36. The number of nitrogens with zero attached hydrogens (tertiary/aromatic N) is 2. The third-order valence-electron chi connectivity index (χ3n) is 2.53. The van der Waals surface area contributed by atoms with Crippen molar-refractivity contribution >= 4 is 6.01 Å². The molecule has 5 nitrogen and oxygen atoms in total. The molecule has 1 saturated carbocycles. The van der Waals surface area contributed by atoms with E-state index in [1.54, 1.807) is 0 Å². The summed E-state index contributed by atoms with van der Waals surface area (Å²) in [5.74, 6) is 1.43. The molecule has 1 heterocycles. The van der Waals surface area contributed by atoms with Gasteiger partial charge in [0, 0.05) is 19.0 Å².